The highest BCUT2D eigenvalue weighted by Crippen LogP contribution is 2.22. The van der Waals surface area contributed by atoms with E-state index in [0.29, 0.717) is 18.1 Å². The van der Waals surface area contributed by atoms with E-state index in [0.717, 1.165) is 24.1 Å². The zero-order valence-electron chi connectivity index (χ0n) is 8.37. The Hall–Kier alpha value is -1.06. The minimum atomic E-state index is 0.0679. The number of rotatable bonds is 2. The second-order valence-corrected chi connectivity index (χ2v) is 4.07. The second-order valence-electron chi connectivity index (χ2n) is 3.63. The SMILES string of the molecule is NCCN1CCc2cc(Cl)ccc2C1=O. The molecule has 1 heterocycles. The maximum Gasteiger partial charge on any atom is 0.254 e. The van der Waals surface area contributed by atoms with Gasteiger partial charge in [-0.3, -0.25) is 4.79 Å². The lowest BCUT2D eigenvalue weighted by Gasteiger charge is -2.28. The van der Waals surface area contributed by atoms with E-state index in [1.165, 1.54) is 0 Å². The molecule has 0 bridgehead atoms. The van der Waals surface area contributed by atoms with Gasteiger partial charge in [-0.2, -0.15) is 0 Å². The summed E-state index contributed by atoms with van der Waals surface area (Å²) in [4.78, 5) is 13.7. The fourth-order valence-corrected chi connectivity index (χ4v) is 2.07. The Morgan fingerprint density at radius 3 is 3.00 bits per heavy atom. The summed E-state index contributed by atoms with van der Waals surface area (Å²) in [5.41, 5.74) is 7.26. The van der Waals surface area contributed by atoms with Gasteiger partial charge in [0.2, 0.25) is 0 Å². The number of fused-ring (bicyclic) bond motifs is 1. The molecule has 0 aromatic heterocycles. The minimum absolute atomic E-state index is 0.0679. The predicted octanol–water partition coefficient (Wildman–Crippen LogP) is 1.30. The standard InChI is InChI=1S/C11H13ClN2O/c12-9-1-2-10-8(7-9)3-5-14(6-4-13)11(10)15/h1-2,7H,3-6,13H2. The van der Waals surface area contributed by atoms with Crippen LogP contribution in [0.3, 0.4) is 0 Å². The third-order valence-electron chi connectivity index (χ3n) is 2.63. The van der Waals surface area contributed by atoms with E-state index in [-0.39, 0.29) is 5.91 Å². The van der Waals surface area contributed by atoms with Crippen molar-refractivity contribution in [3.05, 3.63) is 34.3 Å². The van der Waals surface area contributed by atoms with E-state index in [1.807, 2.05) is 6.07 Å². The van der Waals surface area contributed by atoms with E-state index in [1.54, 1.807) is 17.0 Å². The van der Waals surface area contributed by atoms with E-state index < -0.39 is 0 Å². The quantitative estimate of drug-likeness (QED) is 0.823. The third kappa shape index (κ3) is 1.98. The molecule has 0 unspecified atom stereocenters. The Morgan fingerprint density at radius 2 is 2.27 bits per heavy atom. The van der Waals surface area contributed by atoms with Gasteiger partial charge in [-0.1, -0.05) is 11.6 Å². The minimum Gasteiger partial charge on any atom is -0.337 e. The van der Waals surface area contributed by atoms with Crippen molar-refractivity contribution in [1.29, 1.82) is 0 Å². The highest BCUT2D eigenvalue weighted by Gasteiger charge is 2.23. The predicted molar refractivity (Wildman–Crippen MR) is 60.1 cm³/mol. The van der Waals surface area contributed by atoms with E-state index in [9.17, 15) is 4.79 Å². The van der Waals surface area contributed by atoms with Gasteiger partial charge in [0.05, 0.1) is 0 Å². The van der Waals surface area contributed by atoms with Crippen molar-refractivity contribution in [3.63, 3.8) is 0 Å². The van der Waals surface area contributed by atoms with Gasteiger partial charge in [0.15, 0.2) is 0 Å². The first-order valence-corrected chi connectivity index (χ1v) is 5.38. The van der Waals surface area contributed by atoms with Crippen molar-refractivity contribution < 1.29 is 4.79 Å². The molecular weight excluding hydrogens is 212 g/mol. The average Bonchev–Trinajstić information content (AvgIpc) is 2.22. The maximum atomic E-state index is 11.9. The molecule has 2 rings (SSSR count). The van der Waals surface area contributed by atoms with E-state index >= 15 is 0 Å². The highest BCUT2D eigenvalue weighted by atomic mass is 35.5. The van der Waals surface area contributed by atoms with Gasteiger partial charge < -0.3 is 10.6 Å². The van der Waals surface area contributed by atoms with Crippen molar-refractivity contribution in [2.45, 2.75) is 6.42 Å². The van der Waals surface area contributed by atoms with Crippen molar-refractivity contribution in [2.75, 3.05) is 19.6 Å². The van der Waals surface area contributed by atoms with E-state index in [4.69, 9.17) is 17.3 Å². The average molecular weight is 225 g/mol. The van der Waals surface area contributed by atoms with Crippen LogP contribution < -0.4 is 5.73 Å². The summed E-state index contributed by atoms with van der Waals surface area (Å²) >= 11 is 5.88. The Bertz CT molecular complexity index is 392. The lowest BCUT2D eigenvalue weighted by molar-refractivity contribution is 0.0745. The summed E-state index contributed by atoms with van der Waals surface area (Å²) in [7, 11) is 0. The normalized spacial score (nSPS) is 15.3. The Balaban J connectivity index is 2.30. The van der Waals surface area contributed by atoms with Gasteiger partial charge in [0.25, 0.3) is 5.91 Å². The first kappa shape index (κ1) is 10.5. The molecule has 1 aromatic rings. The van der Waals surface area contributed by atoms with Gasteiger partial charge in [0.1, 0.15) is 0 Å². The Labute approximate surface area is 93.8 Å². The van der Waals surface area contributed by atoms with Crippen LogP contribution in [0.25, 0.3) is 0 Å². The van der Waals surface area contributed by atoms with Crippen molar-refractivity contribution >= 4 is 17.5 Å². The molecule has 1 amide bonds. The number of benzene rings is 1. The van der Waals surface area contributed by atoms with Gasteiger partial charge in [-0.15, -0.1) is 0 Å². The molecule has 2 N–H and O–H groups in total. The molecule has 0 atom stereocenters. The number of hydrogen-bond donors (Lipinski definition) is 1. The number of nitrogens with two attached hydrogens (primary N) is 1. The maximum absolute atomic E-state index is 11.9. The third-order valence-corrected chi connectivity index (χ3v) is 2.87. The lowest BCUT2D eigenvalue weighted by Crippen LogP contribution is -2.40. The fourth-order valence-electron chi connectivity index (χ4n) is 1.87. The molecule has 1 aliphatic heterocycles. The van der Waals surface area contributed by atoms with Gasteiger partial charge >= 0.3 is 0 Å². The first-order chi connectivity index (χ1) is 7.22. The molecule has 0 aliphatic carbocycles. The highest BCUT2D eigenvalue weighted by molar-refractivity contribution is 6.30. The lowest BCUT2D eigenvalue weighted by atomic mass is 9.99. The number of halogens is 1. The zero-order valence-corrected chi connectivity index (χ0v) is 9.13. The van der Waals surface area contributed by atoms with Crippen LogP contribution >= 0.6 is 11.6 Å². The molecule has 0 radical (unpaired) electrons. The number of nitrogens with zero attached hydrogens (tertiary/aromatic N) is 1. The molecule has 0 fully saturated rings. The summed E-state index contributed by atoms with van der Waals surface area (Å²) < 4.78 is 0. The van der Waals surface area contributed by atoms with Gasteiger partial charge in [0, 0.05) is 30.2 Å². The Kier molecular flexibility index (Phi) is 2.93. The molecule has 15 heavy (non-hydrogen) atoms. The fraction of sp³-hybridized carbons (Fsp3) is 0.364. The van der Waals surface area contributed by atoms with Crippen LogP contribution in [-0.2, 0) is 6.42 Å². The molecule has 3 nitrogen and oxygen atoms in total. The van der Waals surface area contributed by atoms with Crippen molar-refractivity contribution in [1.82, 2.24) is 4.90 Å². The van der Waals surface area contributed by atoms with Crippen LogP contribution in [0.2, 0.25) is 5.02 Å². The molecule has 0 saturated heterocycles. The number of carbonyl (C=O) groups is 1. The van der Waals surface area contributed by atoms with Crippen LogP contribution in [0.1, 0.15) is 15.9 Å². The number of amides is 1. The van der Waals surface area contributed by atoms with Crippen LogP contribution in [0.15, 0.2) is 18.2 Å². The van der Waals surface area contributed by atoms with Gasteiger partial charge in [-0.05, 0) is 30.2 Å². The molecule has 1 aliphatic rings. The topological polar surface area (TPSA) is 46.3 Å². The number of carbonyl (C=O) groups excluding carboxylic acids is 1. The summed E-state index contributed by atoms with van der Waals surface area (Å²) in [6.45, 7) is 1.87. The van der Waals surface area contributed by atoms with E-state index in [2.05, 4.69) is 0 Å². The summed E-state index contributed by atoms with van der Waals surface area (Å²) in [5, 5.41) is 0.689. The molecular formula is C11H13ClN2O. The van der Waals surface area contributed by atoms with Crippen LogP contribution in [0.4, 0.5) is 0 Å². The summed E-state index contributed by atoms with van der Waals surface area (Å²) in [5.74, 6) is 0.0679. The molecule has 4 heteroatoms. The monoisotopic (exact) mass is 224 g/mol. The smallest absolute Gasteiger partial charge is 0.254 e. The van der Waals surface area contributed by atoms with Crippen molar-refractivity contribution in [3.8, 4) is 0 Å². The number of hydrogen-bond acceptors (Lipinski definition) is 2. The zero-order chi connectivity index (χ0) is 10.8. The van der Waals surface area contributed by atoms with Crippen LogP contribution in [-0.4, -0.2) is 30.4 Å². The molecule has 0 spiro atoms. The summed E-state index contributed by atoms with van der Waals surface area (Å²) in [6.07, 6.45) is 0.863. The molecule has 80 valence electrons. The second kappa shape index (κ2) is 4.21. The molecule has 1 aromatic carbocycles. The van der Waals surface area contributed by atoms with Crippen molar-refractivity contribution in [2.24, 2.45) is 5.73 Å². The summed E-state index contributed by atoms with van der Waals surface area (Å²) in [6, 6.07) is 5.42. The molecule has 0 saturated carbocycles. The van der Waals surface area contributed by atoms with Gasteiger partial charge in [-0.25, -0.2) is 0 Å². The Morgan fingerprint density at radius 1 is 1.47 bits per heavy atom. The van der Waals surface area contributed by atoms with Crippen LogP contribution in [0, 0.1) is 0 Å². The largest absolute Gasteiger partial charge is 0.337 e. The van der Waals surface area contributed by atoms with Crippen LogP contribution in [0.5, 0.6) is 0 Å². The first-order valence-electron chi connectivity index (χ1n) is 5.00.